The summed E-state index contributed by atoms with van der Waals surface area (Å²) < 4.78 is 48.2. The second-order valence-corrected chi connectivity index (χ2v) is 12.6. The van der Waals surface area contributed by atoms with E-state index in [0.29, 0.717) is 41.9 Å². The molecule has 1 atom stereocenters. The van der Waals surface area contributed by atoms with Crippen LogP contribution in [0.5, 0.6) is 5.75 Å². The van der Waals surface area contributed by atoms with Crippen LogP contribution in [0.15, 0.2) is 53.6 Å². The average Bonchev–Trinajstić information content (AvgIpc) is 3.13. The Hall–Kier alpha value is -3.73. The Balaban J connectivity index is 1.76. The van der Waals surface area contributed by atoms with E-state index in [1.54, 1.807) is 12.1 Å². The number of aromatic nitrogens is 2. The van der Waals surface area contributed by atoms with Crippen LogP contribution in [0.3, 0.4) is 0 Å². The lowest BCUT2D eigenvalue weighted by molar-refractivity contribution is 0.0981. The summed E-state index contributed by atoms with van der Waals surface area (Å²) in [4.78, 5) is 24.0. The minimum absolute atomic E-state index is 0.0108. The van der Waals surface area contributed by atoms with Crippen molar-refractivity contribution in [3.05, 3.63) is 59.9 Å². The van der Waals surface area contributed by atoms with Crippen molar-refractivity contribution < 1.29 is 22.3 Å². The van der Waals surface area contributed by atoms with E-state index in [1.165, 1.54) is 36.4 Å². The molecule has 0 aliphatic carbocycles. The van der Waals surface area contributed by atoms with E-state index < -0.39 is 21.7 Å². The van der Waals surface area contributed by atoms with Crippen LogP contribution in [-0.2, 0) is 10.0 Å². The van der Waals surface area contributed by atoms with Crippen molar-refractivity contribution in [3.8, 4) is 17.0 Å². The molecule has 1 amide bonds. The summed E-state index contributed by atoms with van der Waals surface area (Å²) in [7, 11) is -4.30. The number of carbonyl (C=O) groups excluding carboxylic acids is 1. The first-order valence-corrected chi connectivity index (χ1v) is 14.3. The van der Waals surface area contributed by atoms with Gasteiger partial charge in [0, 0.05) is 23.7 Å². The lowest BCUT2D eigenvalue weighted by atomic mass is 9.97. The molecule has 0 bridgehead atoms. The van der Waals surface area contributed by atoms with Gasteiger partial charge >= 0.3 is 0 Å². The number of rotatable bonds is 8. The molecule has 11 heteroatoms. The SMILES string of the molecule is CC(C)COc1cc(F)cc(-c2ccc(C(=O)NS(=O)(=O)c3cccc(N)n3)c(N3C[C@@H](C)CC3(C)C)n2)c1. The Kier molecular flexibility index (Phi) is 7.83. The first-order valence-electron chi connectivity index (χ1n) is 12.8. The molecule has 39 heavy (non-hydrogen) atoms. The third-order valence-corrected chi connectivity index (χ3v) is 7.68. The molecule has 208 valence electrons. The van der Waals surface area contributed by atoms with Gasteiger partial charge in [-0.05, 0) is 68.5 Å². The van der Waals surface area contributed by atoms with Crippen LogP contribution in [0.1, 0.15) is 51.4 Å². The van der Waals surface area contributed by atoms with Gasteiger partial charge in [-0.1, -0.05) is 26.8 Å². The monoisotopic (exact) mass is 555 g/mol. The van der Waals surface area contributed by atoms with Gasteiger partial charge in [-0.25, -0.2) is 19.1 Å². The van der Waals surface area contributed by atoms with Crippen LogP contribution >= 0.6 is 0 Å². The first kappa shape index (κ1) is 28.3. The molecule has 0 spiro atoms. The lowest BCUT2D eigenvalue weighted by Crippen LogP contribution is -2.41. The van der Waals surface area contributed by atoms with E-state index in [4.69, 9.17) is 15.5 Å². The molecular formula is C28H34FN5O4S. The molecule has 4 rings (SSSR count). The summed E-state index contributed by atoms with van der Waals surface area (Å²) >= 11 is 0. The van der Waals surface area contributed by atoms with Crippen LogP contribution < -0.4 is 20.1 Å². The Labute approximate surface area is 228 Å². The van der Waals surface area contributed by atoms with Crippen LogP contribution in [0, 0.1) is 17.7 Å². The standard InChI is InChI=1S/C28H34FN5O4S/c1-17(2)16-38-21-12-19(11-20(29)13-21)23-10-9-22(26(31-23)34-15-18(3)14-28(34,4)5)27(35)33-39(36,37)25-8-6-7-24(30)32-25/h6-13,17-18H,14-16H2,1-5H3,(H2,30,32)(H,33,35)/t18-/m0/s1. The van der Waals surface area contributed by atoms with E-state index in [2.05, 4.69) is 16.6 Å². The van der Waals surface area contributed by atoms with E-state index in [-0.39, 0.29) is 27.9 Å². The summed E-state index contributed by atoms with van der Waals surface area (Å²) in [5, 5.41) is -0.370. The van der Waals surface area contributed by atoms with Crippen molar-refractivity contribution in [3.63, 3.8) is 0 Å². The number of nitrogens with two attached hydrogens (primary N) is 1. The third-order valence-electron chi connectivity index (χ3n) is 6.45. The highest BCUT2D eigenvalue weighted by atomic mass is 32.2. The van der Waals surface area contributed by atoms with Crippen molar-refractivity contribution in [1.29, 1.82) is 0 Å². The minimum Gasteiger partial charge on any atom is -0.493 e. The highest BCUT2D eigenvalue weighted by molar-refractivity contribution is 7.90. The Bertz CT molecular complexity index is 1490. The molecular weight excluding hydrogens is 521 g/mol. The molecule has 1 fully saturated rings. The molecule has 1 aliphatic heterocycles. The van der Waals surface area contributed by atoms with Crippen molar-refractivity contribution in [1.82, 2.24) is 14.7 Å². The van der Waals surface area contributed by atoms with Gasteiger partial charge in [-0.3, -0.25) is 4.79 Å². The smallest absolute Gasteiger partial charge is 0.281 e. The zero-order valence-electron chi connectivity index (χ0n) is 22.7. The highest BCUT2D eigenvalue weighted by Gasteiger charge is 2.39. The molecule has 0 radical (unpaired) electrons. The number of hydrogen-bond acceptors (Lipinski definition) is 8. The maximum atomic E-state index is 14.5. The van der Waals surface area contributed by atoms with Gasteiger partial charge in [0.2, 0.25) is 0 Å². The Morgan fingerprint density at radius 1 is 1.21 bits per heavy atom. The number of nitrogens with one attached hydrogen (secondary N) is 1. The van der Waals surface area contributed by atoms with Gasteiger partial charge in [0.15, 0.2) is 5.03 Å². The lowest BCUT2D eigenvalue weighted by Gasteiger charge is -2.34. The zero-order valence-corrected chi connectivity index (χ0v) is 23.5. The molecule has 3 aromatic rings. The number of carbonyl (C=O) groups is 1. The predicted octanol–water partition coefficient (Wildman–Crippen LogP) is 4.64. The maximum absolute atomic E-state index is 14.5. The average molecular weight is 556 g/mol. The number of anilines is 2. The van der Waals surface area contributed by atoms with E-state index in [1.807, 2.05) is 32.6 Å². The number of ether oxygens (including phenoxy) is 1. The molecule has 0 unspecified atom stereocenters. The molecule has 1 aromatic carbocycles. The molecule has 1 aliphatic rings. The van der Waals surface area contributed by atoms with E-state index in [9.17, 15) is 17.6 Å². The number of nitrogens with zero attached hydrogens (tertiary/aromatic N) is 3. The van der Waals surface area contributed by atoms with Crippen molar-refractivity contribution >= 4 is 27.6 Å². The fourth-order valence-corrected chi connectivity index (χ4v) is 5.76. The number of benzene rings is 1. The Morgan fingerprint density at radius 3 is 2.59 bits per heavy atom. The quantitative estimate of drug-likeness (QED) is 0.411. The molecule has 3 N–H and O–H groups in total. The van der Waals surface area contributed by atoms with E-state index >= 15 is 0 Å². The number of nitrogen functional groups attached to an aromatic ring is 1. The molecule has 0 saturated carbocycles. The summed E-state index contributed by atoms with van der Waals surface area (Å²) in [5.74, 6) is -0.0688. The van der Waals surface area contributed by atoms with Crippen molar-refractivity contribution in [2.24, 2.45) is 11.8 Å². The zero-order chi connectivity index (χ0) is 28.5. The normalized spacial score (nSPS) is 16.9. The van der Waals surface area contributed by atoms with Gasteiger partial charge in [-0.2, -0.15) is 8.42 Å². The number of hydrogen-bond donors (Lipinski definition) is 2. The van der Waals surface area contributed by atoms with Gasteiger partial charge in [-0.15, -0.1) is 0 Å². The fourth-order valence-electron chi connectivity index (χ4n) is 4.82. The summed E-state index contributed by atoms with van der Waals surface area (Å²) in [6.45, 7) is 11.2. The summed E-state index contributed by atoms with van der Waals surface area (Å²) in [6, 6.07) is 11.6. The fraction of sp³-hybridized carbons (Fsp3) is 0.393. The maximum Gasteiger partial charge on any atom is 0.281 e. The van der Waals surface area contributed by atoms with E-state index in [0.717, 1.165) is 6.42 Å². The van der Waals surface area contributed by atoms with Gasteiger partial charge in [0.05, 0.1) is 17.9 Å². The minimum atomic E-state index is -4.30. The van der Waals surface area contributed by atoms with Crippen LogP contribution in [0.25, 0.3) is 11.3 Å². The topological polar surface area (TPSA) is 128 Å². The number of pyridine rings is 2. The first-order chi connectivity index (χ1) is 18.2. The number of sulfonamides is 1. The number of halogens is 1. The second-order valence-electron chi connectivity index (χ2n) is 11.0. The van der Waals surface area contributed by atoms with Crippen LogP contribution in [-0.4, -0.2) is 43.0 Å². The van der Waals surface area contributed by atoms with Gasteiger partial charge in [0.1, 0.15) is 23.2 Å². The van der Waals surface area contributed by atoms with Gasteiger partial charge < -0.3 is 15.4 Å². The molecule has 1 saturated heterocycles. The van der Waals surface area contributed by atoms with Crippen molar-refractivity contribution in [2.45, 2.75) is 51.6 Å². The van der Waals surface area contributed by atoms with Crippen LogP contribution in [0.4, 0.5) is 16.0 Å². The van der Waals surface area contributed by atoms with Crippen molar-refractivity contribution in [2.75, 3.05) is 23.8 Å². The number of amides is 1. The summed E-state index contributed by atoms with van der Waals surface area (Å²) in [6.07, 6.45) is 0.846. The summed E-state index contributed by atoms with van der Waals surface area (Å²) in [5.41, 5.74) is 6.24. The second kappa shape index (κ2) is 10.8. The molecule has 2 aromatic heterocycles. The Morgan fingerprint density at radius 2 is 1.95 bits per heavy atom. The largest absolute Gasteiger partial charge is 0.493 e. The third kappa shape index (κ3) is 6.47. The molecule has 9 nitrogen and oxygen atoms in total. The van der Waals surface area contributed by atoms with Gasteiger partial charge in [0.25, 0.3) is 15.9 Å². The predicted molar refractivity (Wildman–Crippen MR) is 148 cm³/mol. The highest BCUT2D eigenvalue weighted by Crippen LogP contribution is 2.38. The van der Waals surface area contributed by atoms with Crippen LogP contribution in [0.2, 0.25) is 0 Å². The molecule has 3 heterocycles.